The predicted octanol–water partition coefficient (Wildman–Crippen LogP) is -4.60. The van der Waals surface area contributed by atoms with Gasteiger partial charge in [-0.2, -0.15) is 12.6 Å². The number of hydrogen-bond acceptors (Lipinski definition) is 8. The van der Waals surface area contributed by atoms with Gasteiger partial charge in [-0.3, -0.25) is 14.4 Å². The number of aliphatic hydroxyl groups is 2. The third-order valence-electron chi connectivity index (χ3n) is 2.63. The van der Waals surface area contributed by atoms with Crippen molar-refractivity contribution in [3.05, 3.63) is 0 Å². The first-order valence-electron chi connectivity index (χ1n) is 6.46. The summed E-state index contributed by atoms with van der Waals surface area (Å²) >= 11 is 3.76. The summed E-state index contributed by atoms with van der Waals surface area (Å²) in [6.07, 6.45) is 0. The number of rotatable bonds is 10. The lowest BCUT2D eigenvalue weighted by Gasteiger charge is -2.22. The van der Waals surface area contributed by atoms with Gasteiger partial charge in [0.1, 0.15) is 18.1 Å². The largest absolute Gasteiger partial charge is 0.480 e. The molecule has 0 aromatic carbocycles. The Balaban J connectivity index is 4.78. The molecule has 132 valence electrons. The van der Waals surface area contributed by atoms with Crippen molar-refractivity contribution in [2.45, 2.75) is 18.1 Å². The molecular weight excluding hydrogens is 332 g/mol. The van der Waals surface area contributed by atoms with Gasteiger partial charge in [0.15, 0.2) is 0 Å². The lowest BCUT2D eigenvalue weighted by atomic mass is 10.2. The molecule has 11 nitrogen and oxygen atoms in total. The molecular formula is C11H20N4O7S. The van der Waals surface area contributed by atoms with Crippen molar-refractivity contribution in [2.75, 3.05) is 25.5 Å². The number of carbonyl (C=O) groups excluding carboxylic acids is 3. The van der Waals surface area contributed by atoms with Crippen LogP contribution >= 0.6 is 12.6 Å². The van der Waals surface area contributed by atoms with Crippen molar-refractivity contribution in [1.29, 1.82) is 0 Å². The molecule has 0 aliphatic heterocycles. The van der Waals surface area contributed by atoms with E-state index in [1.54, 1.807) is 0 Å². The smallest absolute Gasteiger partial charge is 0.327 e. The second-order valence-electron chi connectivity index (χ2n) is 4.33. The zero-order chi connectivity index (χ0) is 18.0. The van der Waals surface area contributed by atoms with E-state index in [9.17, 15) is 19.2 Å². The third-order valence-corrected chi connectivity index (χ3v) is 3.00. The van der Waals surface area contributed by atoms with Crippen molar-refractivity contribution in [3.63, 3.8) is 0 Å². The molecule has 0 radical (unpaired) electrons. The van der Waals surface area contributed by atoms with Crippen molar-refractivity contribution in [2.24, 2.45) is 5.73 Å². The Kier molecular flexibility index (Phi) is 9.89. The van der Waals surface area contributed by atoms with Gasteiger partial charge in [-0.25, -0.2) is 4.79 Å². The number of amides is 3. The molecule has 8 N–H and O–H groups in total. The van der Waals surface area contributed by atoms with E-state index in [1.165, 1.54) is 0 Å². The fourth-order valence-electron chi connectivity index (χ4n) is 1.37. The molecule has 0 heterocycles. The summed E-state index contributed by atoms with van der Waals surface area (Å²) in [5.41, 5.74) is 5.06. The zero-order valence-corrected chi connectivity index (χ0v) is 13.0. The van der Waals surface area contributed by atoms with Gasteiger partial charge in [0.05, 0.1) is 19.8 Å². The van der Waals surface area contributed by atoms with Gasteiger partial charge in [-0.1, -0.05) is 0 Å². The number of hydrogen-bond donors (Lipinski definition) is 8. The van der Waals surface area contributed by atoms with Crippen molar-refractivity contribution < 1.29 is 34.5 Å². The number of nitrogens with two attached hydrogens (primary N) is 1. The summed E-state index contributed by atoms with van der Waals surface area (Å²) in [5, 5.41) is 33.3. The molecule has 0 spiro atoms. The molecule has 0 aromatic heterocycles. The molecule has 3 atom stereocenters. The molecule has 23 heavy (non-hydrogen) atoms. The zero-order valence-electron chi connectivity index (χ0n) is 12.1. The fraction of sp³-hybridized carbons (Fsp3) is 0.636. The van der Waals surface area contributed by atoms with E-state index in [4.69, 9.17) is 21.1 Å². The minimum absolute atomic E-state index is 0.195. The highest BCUT2D eigenvalue weighted by atomic mass is 32.1. The van der Waals surface area contributed by atoms with Crippen LogP contribution in [0, 0.1) is 0 Å². The summed E-state index contributed by atoms with van der Waals surface area (Å²) < 4.78 is 0. The van der Waals surface area contributed by atoms with Crippen LogP contribution in [0.4, 0.5) is 0 Å². The summed E-state index contributed by atoms with van der Waals surface area (Å²) in [5.74, 6) is -4.13. The van der Waals surface area contributed by atoms with E-state index in [1.807, 2.05) is 0 Å². The lowest BCUT2D eigenvalue weighted by molar-refractivity contribution is -0.142. The van der Waals surface area contributed by atoms with Crippen LogP contribution in [0.5, 0.6) is 0 Å². The number of carboxylic acid groups (broad SMARTS) is 1. The van der Waals surface area contributed by atoms with Gasteiger partial charge >= 0.3 is 5.97 Å². The quantitative estimate of drug-likeness (QED) is 0.180. The van der Waals surface area contributed by atoms with Crippen molar-refractivity contribution >= 4 is 36.3 Å². The Morgan fingerprint density at radius 3 is 1.70 bits per heavy atom. The maximum atomic E-state index is 11.8. The summed E-state index contributed by atoms with van der Waals surface area (Å²) in [4.78, 5) is 45.6. The van der Waals surface area contributed by atoms with Gasteiger partial charge in [0, 0.05) is 5.75 Å². The van der Waals surface area contributed by atoms with E-state index < -0.39 is 61.6 Å². The Hall–Kier alpha value is -1.89. The molecule has 0 saturated heterocycles. The molecule has 0 aliphatic carbocycles. The number of thiol groups is 1. The van der Waals surface area contributed by atoms with Gasteiger partial charge in [0.2, 0.25) is 17.7 Å². The van der Waals surface area contributed by atoms with E-state index in [0.29, 0.717) is 0 Å². The molecule has 0 saturated carbocycles. The molecule has 0 aliphatic rings. The number of nitrogens with one attached hydrogen (secondary N) is 3. The summed E-state index contributed by atoms with van der Waals surface area (Å²) in [7, 11) is 0. The molecule has 3 unspecified atom stereocenters. The van der Waals surface area contributed by atoms with Crippen molar-refractivity contribution in [1.82, 2.24) is 16.0 Å². The minimum atomic E-state index is -1.46. The van der Waals surface area contributed by atoms with Crippen molar-refractivity contribution in [3.8, 4) is 0 Å². The number of aliphatic carboxylic acids is 1. The highest BCUT2D eigenvalue weighted by Gasteiger charge is 2.28. The van der Waals surface area contributed by atoms with Gasteiger partial charge in [0.25, 0.3) is 0 Å². The maximum absolute atomic E-state index is 11.8. The average Bonchev–Trinajstić information content (AvgIpc) is 2.53. The second kappa shape index (κ2) is 10.8. The van der Waals surface area contributed by atoms with E-state index in [0.717, 1.165) is 0 Å². The first kappa shape index (κ1) is 21.1. The van der Waals surface area contributed by atoms with Crippen LogP contribution in [0.25, 0.3) is 0 Å². The maximum Gasteiger partial charge on any atom is 0.327 e. The van der Waals surface area contributed by atoms with Gasteiger partial charge in [-0.15, -0.1) is 0 Å². The SMILES string of the molecule is NCC(=O)NC(CO)C(=O)NC(CO)C(=O)NC(CS)C(=O)O. The Bertz CT molecular complexity index is 448. The average molecular weight is 352 g/mol. The molecule has 0 aromatic rings. The first-order valence-corrected chi connectivity index (χ1v) is 7.09. The molecule has 0 rings (SSSR count). The number of carbonyl (C=O) groups is 4. The van der Waals surface area contributed by atoms with Crippen LogP contribution in [-0.2, 0) is 19.2 Å². The van der Waals surface area contributed by atoms with Crippen LogP contribution in [-0.4, -0.2) is 82.6 Å². The van der Waals surface area contributed by atoms with Crippen LogP contribution < -0.4 is 21.7 Å². The Labute approximate surface area is 137 Å². The highest BCUT2D eigenvalue weighted by molar-refractivity contribution is 7.80. The molecule has 3 amide bonds. The van der Waals surface area contributed by atoms with Crippen LogP contribution in [0.3, 0.4) is 0 Å². The van der Waals surface area contributed by atoms with E-state index in [2.05, 4.69) is 28.6 Å². The monoisotopic (exact) mass is 352 g/mol. The van der Waals surface area contributed by atoms with E-state index in [-0.39, 0.29) is 5.75 Å². The molecule has 12 heteroatoms. The Morgan fingerprint density at radius 1 is 0.913 bits per heavy atom. The van der Waals surface area contributed by atoms with Crippen LogP contribution in [0.1, 0.15) is 0 Å². The van der Waals surface area contributed by atoms with Crippen LogP contribution in [0.2, 0.25) is 0 Å². The summed E-state index contributed by atoms with van der Waals surface area (Å²) in [6.45, 7) is -1.98. The second-order valence-corrected chi connectivity index (χ2v) is 4.70. The molecule has 0 fully saturated rings. The number of carboxylic acids is 1. The highest BCUT2D eigenvalue weighted by Crippen LogP contribution is 1.93. The topological polar surface area (TPSA) is 191 Å². The summed E-state index contributed by atoms with van der Waals surface area (Å²) in [6, 6.07) is -4.14. The standard InChI is InChI=1S/C11H20N4O7S/c12-1-8(18)13-5(2-16)9(19)14-6(3-17)10(20)15-7(4-23)11(21)22/h5-7,16-17,23H,1-4,12H2,(H,13,18)(H,14,19)(H,15,20)(H,21,22). The normalized spacial score (nSPS) is 14.3. The number of aliphatic hydroxyl groups excluding tert-OH is 2. The Morgan fingerprint density at radius 2 is 1.35 bits per heavy atom. The third kappa shape index (κ3) is 7.27. The fourth-order valence-corrected chi connectivity index (χ4v) is 1.62. The molecule has 0 bridgehead atoms. The van der Waals surface area contributed by atoms with E-state index >= 15 is 0 Å². The van der Waals surface area contributed by atoms with Crippen LogP contribution in [0.15, 0.2) is 0 Å². The lowest BCUT2D eigenvalue weighted by Crippen LogP contribution is -2.58. The van der Waals surface area contributed by atoms with Gasteiger partial charge < -0.3 is 37.0 Å². The minimum Gasteiger partial charge on any atom is -0.480 e. The van der Waals surface area contributed by atoms with Gasteiger partial charge in [-0.05, 0) is 0 Å². The first-order chi connectivity index (χ1) is 10.8. The predicted molar refractivity (Wildman–Crippen MR) is 80.5 cm³/mol.